The first kappa shape index (κ1) is 22.2. The molecule has 0 bridgehead atoms. The summed E-state index contributed by atoms with van der Waals surface area (Å²) in [7, 11) is 0. The molecular weight excluding hydrogens is 284 g/mol. The average Bonchev–Trinajstić information content (AvgIpc) is 2.54. The van der Waals surface area contributed by atoms with Gasteiger partial charge < -0.3 is 0 Å². The van der Waals surface area contributed by atoms with E-state index in [-0.39, 0.29) is 5.91 Å². The second kappa shape index (κ2) is 17.5. The minimum absolute atomic E-state index is 0.115. The van der Waals surface area contributed by atoms with Gasteiger partial charge in [-0.2, -0.15) is 0 Å². The summed E-state index contributed by atoms with van der Waals surface area (Å²) in [5.41, 5.74) is 6.13. The van der Waals surface area contributed by atoms with Gasteiger partial charge in [-0.25, -0.2) is 5.43 Å². The van der Waals surface area contributed by atoms with Gasteiger partial charge in [0.05, 0.1) is 0 Å². The lowest BCUT2D eigenvalue weighted by molar-refractivity contribution is -0.118. The van der Waals surface area contributed by atoms with Gasteiger partial charge in [0, 0.05) is 12.1 Å². The van der Waals surface area contributed by atoms with Crippen molar-refractivity contribution < 1.29 is 4.79 Å². The molecule has 0 aliphatic carbocycles. The molecule has 0 aromatic carbocycles. The largest absolute Gasteiger partial charge is 0.288 e. The number of carbonyl (C=O) groups excluding carboxylic acids is 1. The first-order chi connectivity index (χ1) is 11.2. The maximum Gasteiger partial charge on any atom is 0.260 e. The van der Waals surface area contributed by atoms with Crippen LogP contribution in [0.15, 0.2) is 12.2 Å². The molecule has 2 N–H and O–H groups in total. The van der Waals surface area contributed by atoms with E-state index in [4.69, 9.17) is 0 Å². The van der Waals surface area contributed by atoms with Crippen molar-refractivity contribution in [3.05, 3.63) is 12.2 Å². The van der Waals surface area contributed by atoms with Gasteiger partial charge in [0.25, 0.3) is 5.91 Å². The number of nitrogens with one attached hydrogen (secondary N) is 2. The zero-order valence-electron chi connectivity index (χ0n) is 15.7. The third-order valence-corrected chi connectivity index (χ3v) is 4.24. The standard InChI is InChI=1S/C20H40N2O/c1-4-5-6-7-8-9-10-11-12-13-14-15-16-17-18-21-22-20(23)19(2)3/h21H,2,4-18H2,1,3H3,(H,22,23). The fourth-order valence-corrected chi connectivity index (χ4v) is 2.66. The highest BCUT2D eigenvalue weighted by molar-refractivity contribution is 5.91. The van der Waals surface area contributed by atoms with E-state index in [9.17, 15) is 4.79 Å². The molecule has 1 amide bonds. The Morgan fingerprint density at radius 1 is 0.739 bits per heavy atom. The lowest BCUT2D eigenvalue weighted by Gasteiger charge is -2.06. The molecule has 0 aliphatic rings. The predicted octanol–water partition coefficient (Wildman–Crippen LogP) is 5.66. The quantitative estimate of drug-likeness (QED) is 0.206. The molecule has 136 valence electrons. The highest BCUT2D eigenvalue weighted by Crippen LogP contribution is 2.12. The average molecular weight is 325 g/mol. The molecule has 0 rings (SSSR count). The van der Waals surface area contributed by atoms with Gasteiger partial charge in [0.15, 0.2) is 0 Å². The molecule has 3 heteroatoms. The van der Waals surface area contributed by atoms with Gasteiger partial charge in [-0.15, -0.1) is 0 Å². The molecule has 0 aromatic heterocycles. The first-order valence-corrected chi connectivity index (χ1v) is 9.87. The minimum Gasteiger partial charge on any atom is -0.288 e. The van der Waals surface area contributed by atoms with Crippen molar-refractivity contribution in [1.29, 1.82) is 0 Å². The highest BCUT2D eigenvalue weighted by atomic mass is 16.2. The summed E-state index contributed by atoms with van der Waals surface area (Å²) in [6.45, 7) is 8.43. The molecule has 0 fully saturated rings. The van der Waals surface area contributed by atoms with Crippen molar-refractivity contribution in [2.75, 3.05) is 6.54 Å². The molecule has 0 aliphatic heterocycles. The smallest absolute Gasteiger partial charge is 0.260 e. The number of amides is 1. The molecule has 0 radical (unpaired) electrons. The predicted molar refractivity (Wildman–Crippen MR) is 101 cm³/mol. The van der Waals surface area contributed by atoms with Crippen LogP contribution < -0.4 is 10.9 Å². The summed E-state index contributed by atoms with van der Waals surface area (Å²) < 4.78 is 0. The summed E-state index contributed by atoms with van der Waals surface area (Å²) in [6.07, 6.45) is 19.2. The van der Waals surface area contributed by atoms with Crippen molar-refractivity contribution in [1.82, 2.24) is 10.9 Å². The molecule has 0 spiro atoms. The van der Waals surface area contributed by atoms with Gasteiger partial charge in [-0.3, -0.25) is 10.2 Å². The Labute approximate surface area is 144 Å². The van der Waals surface area contributed by atoms with Crippen molar-refractivity contribution in [3.63, 3.8) is 0 Å². The number of hydrazine groups is 1. The van der Waals surface area contributed by atoms with Crippen LogP contribution >= 0.6 is 0 Å². The van der Waals surface area contributed by atoms with Gasteiger partial charge in [-0.05, 0) is 13.3 Å². The van der Waals surface area contributed by atoms with Gasteiger partial charge in [0.1, 0.15) is 0 Å². The Bertz CT molecular complexity index is 289. The van der Waals surface area contributed by atoms with Crippen LogP contribution in [0, 0.1) is 0 Å². The Morgan fingerprint density at radius 3 is 1.52 bits per heavy atom. The summed E-state index contributed by atoms with van der Waals surface area (Å²) in [6, 6.07) is 0. The molecule has 0 saturated heterocycles. The normalized spacial score (nSPS) is 10.7. The SMILES string of the molecule is C=C(C)C(=O)NNCCCCCCCCCCCCCCCC. The molecule has 0 saturated carbocycles. The summed E-state index contributed by atoms with van der Waals surface area (Å²) >= 11 is 0. The molecule has 0 atom stereocenters. The maximum atomic E-state index is 11.2. The van der Waals surface area contributed by atoms with E-state index in [0.29, 0.717) is 5.57 Å². The number of carbonyl (C=O) groups is 1. The lowest BCUT2D eigenvalue weighted by atomic mass is 10.0. The number of unbranched alkanes of at least 4 members (excludes halogenated alkanes) is 13. The molecule has 3 nitrogen and oxygen atoms in total. The van der Waals surface area contributed by atoms with Gasteiger partial charge >= 0.3 is 0 Å². The van der Waals surface area contributed by atoms with Crippen LogP contribution in [0.4, 0.5) is 0 Å². The van der Waals surface area contributed by atoms with Crippen LogP contribution in [0.1, 0.15) is 104 Å². The van der Waals surface area contributed by atoms with Gasteiger partial charge in [0.2, 0.25) is 0 Å². The third kappa shape index (κ3) is 17.4. The Balaban J connectivity index is 3.05. The van der Waals surface area contributed by atoms with Crippen LogP contribution in [0.3, 0.4) is 0 Å². The van der Waals surface area contributed by atoms with Crippen molar-refractivity contribution in [3.8, 4) is 0 Å². The zero-order valence-corrected chi connectivity index (χ0v) is 15.7. The number of hydrogen-bond donors (Lipinski definition) is 2. The van der Waals surface area contributed by atoms with E-state index >= 15 is 0 Å². The molecule has 0 heterocycles. The van der Waals surface area contributed by atoms with E-state index in [1.54, 1.807) is 6.92 Å². The molecular formula is C20H40N2O. The Hall–Kier alpha value is -0.830. The van der Waals surface area contributed by atoms with Crippen LogP contribution in [0.2, 0.25) is 0 Å². The first-order valence-electron chi connectivity index (χ1n) is 9.87. The van der Waals surface area contributed by atoms with Crippen molar-refractivity contribution in [2.24, 2.45) is 0 Å². The van der Waals surface area contributed by atoms with E-state index in [2.05, 4.69) is 24.4 Å². The number of rotatable bonds is 17. The summed E-state index contributed by atoms with van der Waals surface area (Å²) in [5, 5.41) is 0. The summed E-state index contributed by atoms with van der Waals surface area (Å²) in [5.74, 6) is -0.115. The highest BCUT2D eigenvalue weighted by Gasteiger charge is 1.98. The van der Waals surface area contributed by atoms with Crippen LogP contribution in [-0.2, 0) is 4.79 Å². The van der Waals surface area contributed by atoms with E-state index in [1.165, 1.54) is 83.5 Å². The second-order valence-electron chi connectivity index (χ2n) is 6.76. The molecule has 0 aromatic rings. The van der Waals surface area contributed by atoms with E-state index in [1.807, 2.05) is 0 Å². The van der Waals surface area contributed by atoms with Gasteiger partial charge in [-0.1, -0.05) is 97.0 Å². The topological polar surface area (TPSA) is 41.1 Å². The monoisotopic (exact) mass is 324 g/mol. The molecule has 23 heavy (non-hydrogen) atoms. The number of hydrogen-bond acceptors (Lipinski definition) is 2. The van der Waals surface area contributed by atoms with Crippen LogP contribution in [0.5, 0.6) is 0 Å². The van der Waals surface area contributed by atoms with E-state index < -0.39 is 0 Å². The summed E-state index contributed by atoms with van der Waals surface area (Å²) in [4.78, 5) is 11.2. The fraction of sp³-hybridized carbons (Fsp3) is 0.850. The van der Waals surface area contributed by atoms with Crippen molar-refractivity contribution >= 4 is 5.91 Å². The minimum atomic E-state index is -0.115. The zero-order chi connectivity index (χ0) is 17.2. The van der Waals surface area contributed by atoms with Crippen LogP contribution in [0.25, 0.3) is 0 Å². The third-order valence-electron chi connectivity index (χ3n) is 4.24. The molecule has 0 unspecified atom stereocenters. The lowest BCUT2D eigenvalue weighted by Crippen LogP contribution is -2.38. The Morgan fingerprint density at radius 2 is 1.13 bits per heavy atom. The van der Waals surface area contributed by atoms with E-state index in [0.717, 1.165) is 13.0 Å². The maximum absolute atomic E-state index is 11.2. The van der Waals surface area contributed by atoms with Crippen LogP contribution in [-0.4, -0.2) is 12.5 Å². The van der Waals surface area contributed by atoms with Crippen molar-refractivity contribution in [2.45, 2.75) is 104 Å². The second-order valence-corrected chi connectivity index (χ2v) is 6.76. The Kier molecular flexibility index (Phi) is 16.9. The fourth-order valence-electron chi connectivity index (χ4n) is 2.66.